The molecule has 3 aromatic heterocycles. The van der Waals surface area contributed by atoms with E-state index < -0.39 is 4.92 Å². The number of aromatic nitrogens is 4. The highest BCUT2D eigenvalue weighted by atomic mass is 16.6. The fourth-order valence-electron chi connectivity index (χ4n) is 2.20. The summed E-state index contributed by atoms with van der Waals surface area (Å²) in [5, 5.41) is 15.6. The second kappa shape index (κ2) is 4.10. The molecule has 0 bridgehead atoms. The van der Waals surface area contributed by atoms with Crippen LogP contribution in [0.1, 0.15) is 0 Å². The summed E-state index contributed by atoms with van der Waals surface area (Å²) in [7, 11) is 0. The normalized spacial score (nSPS) is 11.2. The van der Waals surface area contributed by atoms with Crippen molar-refractivity contribution in [1.29, 1.82) is 0 Å². The molecule has 0 aliphatic carbocycles. The SMILES string of the molecule is O=[N+]([O-])c1cnn(-c2ncnc3c2oc2ccccc23)c1. The minimum Gasteiger partial charge on any atom is -0.450 e. The Bertz CT molecular complexity index is 988. The van der Waals surface area contributed by atoms with Gasteiger partial charge in [-0.2, -0.15) is 5.10 Å². The topological polar surface area (TPSA) is 99.9 Å². The van der Waals surface area contributed by atoms with Gasteiger partial charge < -0.3 is 4.42 Å². The molecule has 1 aromatic carbocycles. The first kappa shape index (κ1) is 11.5. The Morgan fingerprint density at radius 2 is 2.10 bits per heavy atom. The average molecular weight is 281 g/mol. The molecule has 0 fully saturated rings. The van der Waals surface area contributed by atoms with E-state index in [9.17, 15) is 10.1 Å². The lowest BCUT2D eigenvalue weighted by Gasteiger charge is -1.98. The molecule has 0 spiro atoms. The molecule has 0 atom stereocenters. The van der Waals surface area contributed by atoms with Crippen LogP contribution in [-0.4, -0.2) is 24.7 Å². The Hall–Kier alpha value is -3.29. The van der Waals surface area contributed by atoms with E-state index in [1.807, 2.05) is 24.3 Å². The summed E-state index contributed by atoms with van der Waals surface area (Å²) in [5.74, 6) is 0.365. The van der Waals surface area contributed by atoms with Gasteiger partial charge in [0.05, 0.1) is 4.92 Å². The lowest BCUT2D eigenvalue weighted by molar-refractivity contribution is -0.384. The zero-order chi connectivity index (χ0) is 14.4. The van der Waals surface area contributed by atoms with E-state index in [4.69, 9.17) is 4.42 Å². The third kappa shape index (κ3) is 1.66. The lowest BCUT2D eigenvalue weighted by Crippen LogP contribution is -1.98. The third-order valence-corrected chi connectivity index (χ3v) is 3.14. The van der Waals surface area contributed by atoms with E-state index in [2.05, 4.69) is 15.1 Å². The summed E-state index contributed by atoms with van der Waals surface area (Å²) in [6.07, 6.45) is 3.83. The third-order valence-electron chi connectivity index (χ3n) is 3.14. The van der Waals surface area contributed by atoms with Crippen LogP contribution in [0.2, 0.25) is 0 Å². The Morgan fingerprint density at radius 3 is 2.90 bits per heavy atom. The van der Waals surface area contributed by atoms with Gasteiger partial charge in [-0.15, -0.1) is 0 Å². The van der Waals surface area contributed by atoms with E-state index in [1.165, 1.54) is 17.2 Å². The van der Waals surface area contributed by atoms with Crippen LogP contribution in [0.5, 0.6) is 0 Å². The molecule has 0 saturated heterocycles. The number of benzene rings is 1. The molecule has 0 saturated carbocycles. The summed E-state index contributed by atoms with van der Waals surface area (Å²) in [6, 6.07) is 7.46. The van der Waals surface area contributed by atoms with Crippen LogP contribution < -0.4 is 0 Å². The van der Waals surface area contributed by atoms with E-state index in [1.54, 1.807) is 0 Å². The van der Waals surface area contributed by atoms with Gasteiger partial charge in [-0.25, -0.2) is 14.6 Å². The number of fused-ring (bicyclic) bond motifs is 3. The van der Waals surface area contributed by atoms with E-state index >= 15 is 0 Å². The largest absolute Gasteiger partial charge is 0.450 e. The van der Waals surface area contributed by atoms with Gasteiger partial charge in [0.15, 0.2) is 5.58 Å². The molecule has 4 rings (SSSR count). The van der Waals surface area contributed by atoms with Crippen molar-refractivity contribution in [3.05, 3.63) is 53.1 Å². The minimum absolute atomic E-state index is 0.113. The highest BCUT2D eigenvalue weighted by molar-refractivity contribution is 6.04. The zero-order valence-electron chi connectivity index (χ0n) is 10.5. The van der Waals surface area contributed by atoms with Gasteiger partial charge in [-0.3, -0.25) is 10.1 Å². The van der Waals surface area contributed by atoms with Gasteiger partial charge in [0.25, 0.3) is 0 Å². The summed E-state index contributed by atoms with van der Waals surface area (Å²) in [5.41, 5.74) is 1.65. The van der Waals surface area contributed by atoms with Crippen LogP contribution in [-0.2, 0) is 0 Å². The Labute approximate surface area is 116 Å². The van der Waals surface area contributed by atoms with Crippen molar-refractivity contribution in [3.8, 4) is 5.82 Å². The number of hydrogen-bond acceptors (Lipinski definition) is 6. The Morgan fingerprint density at radius 1 is 1.24 bits per heavy atom. The van der Waals surface area contributed by atoms with E-state index in [0.717, 1.165) is 11.6 Å². The molecule has 4 aromatic rings. The summed E-state index contributed by atoms with van der Waals surface area (Å²) >= 11 is 0. The smallest absolute Gasteiger partial charge is 0.307 e. The maximum absolute atomic E-state index is 10.7. The molecule has 0 amide bonds. The van der Waals surface area contributed by atoms with Gasteiger partial charge in [0.1, 0.15) is 29.8 Å². The molecule has 0 radical (unpaired) electrons. The Kier molecular flexibility index (Phi) is 2.25. The molecular weight excluding hydrogens is 274 g/mol. The highest BCUT2D eigenvalue weighted by Gasteiger charge is 2.17. The fraction of sp³-hybridized carbons (Fsp3) is 0. The van der Waals surface area contributed by atoms with Crippen LogP contribution in [0.25, 0.3) is 27.9 Å². The molecule has 0 N–H and O–H groups in total. The monoisotopic (exact) mass is 281 g/mol. The van der Waals surface area contributed by atoms with Crippen molar-refractivity contribution in [1.82, 2.24) is 19.7 Å². The molecule has 8 nitrogen and oxygen atoms in total. The molecule has 0 aliphatic heterocycles. The number of nitro groups is 1. The van der Waals surface area contributed by atoms with Crippen LogP contribution in [0.4, 0.5) is 5.69 Å². The molecule has 0 unspecified atom stereocenters. The molecule has 0 aliphatic rings. The maximum atomic E-state index is 10.7. The van der Waals surface area contributed by atoms with Gasteiger partial charge in [-0.1, -0.05) is 12.1 Å². The van der Waals surface area contributed by atoms with Crippen molar-refractivity contribution in [3.63, 3.8) is 0 Å². The second-order valence-corrected chi connectivity index (χ2v) is 4.37. The average Bonchev–Trinajstić information content (AvgIpc) is 3.11. The van der Waals surface area contributed by atoms with Crippen molar-refractivity contribution in [2.24, 2.45) is 0 Å². The highest BCUT2D eigenvalue weighted by Crippen LogP contribution is 2.29. The van der Waals surface area contributed by atoms with Crippen molar-refractivity contribution in [2.45, 2.75) is 0 Å². The van der Waals surface area contributed by atoms with Gasteiger partial charge >= 0.3 is 5.69 Å². The molecule has 8 heteroatoms. The van der Waals surface area contributed by atoms with E-state index in [0.29, 0.717) is 22.5 Å². The first-order valence-electron chi connectivity index (χ1n) is 6.06. The van der Waals surface area contributed by atoms with Crippen LogP contribution >= 0.6 is 0 Å². The number of para-hydroxylation sites is 1. The van der Waals surface area contributed by atoms with Gasteiger partial charge in [0.2, 0.25) is 5.82 Å². The molecule has 102 valence electrons. The quantitative estimate of drug-likeness (QED) is 0.413. The minimum atomic E-state index is -0.513. The standard InChI is InChI=1S/C13H7N5O3/c19-18(20)8-5-16-17(6-8)13-12-11(14-7-15-13)9-3-1-2-4-10(9)21-12/h1-7H. The Balaban J connectivity index is 2.01. The zero-order valence-corrected chi connectivity index (χ0v) is 10.5. The van der Waals surface area contributed by atoms with Gasteiger partial charge in [-0.05, 0) is 12.1 Å². The van der Waals surface area contributed by atoms with Crippen molar-refractivity contribution in [2.75, 3.05) is 0 Å². The number of rotatable bonds is 2. The van der Waals surface area contributed by atoms with Crippen LogP contribution in [0, 0.1) is 10.1 Å². The fourth-order valence-corrected chi connectivity index (χ4v) is 2.20. The predicted molar refractivity (Wildman–Crippen MR) is 73.1 cm³/mol. The maximum Gasteiger partial charge on any atom is 0.307 e. The van der Waals surface area contributed by atoms with Gasteiger partial charge in [0, 0.05) is 5.39 Å². The number of nitrogens with zero attached hydrogens (tertiary/aromatic N) is 5. The van der Waals surface area contributed by atoms with E-state index in [-0.39, 0.29) is 5.69 Å². The number of furan rings is 1. The predicted octanol–water partition coefficient (Wildman–Crippen LogP) is 2.47. The summed E-state index contributed by atoms with van der Waals surface area (Å²) < 4.78 is 7.06. The summed E-state index contributed by atoms with van der Waals surface area (Å²) in [6.45, 7) is 0. The molecule has 21 heavy (non-hydrogen) atoms. The second-order valence-electron chi connectivity index (χ2n) is 4.37. The molecule has 3 heterocycles. The first-order valence-corrected chi connectivity index (χ1v) is 6.06. The summed E-state index contributed by atoms with van der Waals surface area (Å²) in [4.78, 5) is 18.6. The lowest BCUT2D eigenvalue weighted by atomic mass is 10.2. The molecular formula is C13H7N5O3. The number of hydrogen-bond donors (Lipinski definition) is 0. The van der Waals surface area contributed by atoms with Crippen LogP contribution in [0.15, 0.2) is 47.4 Å². The van der Waals surface area contributed by atoms with Crippen molar-refractivity contribution < 1.29 is 9.34 Å². The van der Waals surface area contributed by atoms with Crippen LogP contribution in [0.3, 0.4) is 0 Å². The van der Waals surface area contributed by atoms with Crippen molar-refractivity contribution >= 4 is 27.8 Å². The first-order chi connectivity index (χ1) is 10.2.